The SMILES string of the molecule is c1cc(ON2N(Oc3conn3)N(Oc3ccon3)N(Oc3ncco3)C2(Oc2ncc[nH]2)Oc2nccs2)[nH]n1. The number of hydrogen-bond donors (Lipinski definition) is 2. The lowest BCUT2D eigenvalue weighted by molar-refractivity contribution is -0.487. The molecule has 6 aromatic heterocycles. The fraction of sp³-hybridized carbons (Fsp3) is 0.0556. The number of thiazole rings is 1. The zero-order valence-corrected chi connectivity index (χ0v) is 20.7. The molecule has 0 spiro atoms. The van der Waals surface area contributed by atoms with Gasteiger partial charge in [0.05, 0.1) is 33.3 Å². The third-order valence-corrected chi connectivity index (χ3v) is 5.26. The number of imidazole rings is 1. The van der Waals surface area contributed by atoms with E-state index in [0.717, 1.165) is 38.5 Å². The molecule has 1 atom stereocenters. The Morgan fingerprint density at radius 2 is 1.78 bits per heavy atom. The molecule has 1 aliphatic heterocycles. The Morgan fingerprint density at radius 1 is 0.854 bits per heavy atom. The molecule has 1 unspecified atom stereocenters. The van der Waals surface area contributed by atoms with Crippen molar-refractivity contribution in [1.29, 1.82) is 0 Å². The first kappa shape index (κ1) is 24.3. The van der Waals surface area contributed by atoms with Gasteiger partial charge in [0.25, 0.3) is 17.1 Å². The van der Waals surface area contributed by atoms with Gasteiger partial charge in [-0.05, 0) is 5.16 Å². The number of hydroxylamine groups is 2. The van der Waals surface area contributed by atoms with Gasteiger partial charge in [-0.1, -0.05) is 16.4 Å². The molecule has 0 bridgehead atoms. The summed E-state index contributed by atoms with van der Waals surface area (Å²) in [5, 5.41) is 22.4. The summed E-state index contributed by atoms with van der Waals surface area (Å²) in [4.78, 5) is 39.0. The summed E-state index contributed by atoms with van der Waals surface area (Å²) in [5.74, 6) is -0.218. The van der Waals surface area contributed by atoms with Crippen molar-refractivity contribution in [3.05, 3.63) is 67.3 Å². The molecule has 0 aromatic carbocycles. The molecule has 0 saturated carbocycles. The summed E-state index contributed by atoms with van der Waals surface area (Å²) in [6.45, 7) is 0. The minimum Gasteiger partial charge on any atom is -0.416 e. The number of rotatable bonds is 12. The molecule has 1 saturated heterocycles. The van der Waals surface area contributed by atoms with Crippen LogP contribution in [0.15, 0.2) is 80.7 Å². The van der Waals surface area contributed by atoms with Crippen LogP contribution in [0.25, 0.3) is 0 Å². The summed E-state index contributed by atoms with van der Waals surface area (Å²) in [6, 6.07) is 0.314. The molecule has 41 heavy (non-hydrogen) atoms. The zero-order chi connectivity index (χ0) is 27.5. The van der Waals surface area contributed by atoms with Crippen LogP contribution in [0.1, 0.15) is 0 Å². The van der Waals surface area contributed by atoms with Crippen molar-refractivity contribution in [2.75, 3.05) is 0 Å². The maximum Gasteiger partial charge on any atom is 0.492 e. The largest absolute Gasteiger partial charge is 0.492 e. The van der Waals surface area contributed by atoms with E-state index in [1.807, 2.05) is 0 Å². The van der Waals surface area contributed by atoms with Crippen LogP contribution in [0, 0.1) is 0 Å². The van der Waals surface area contributed by atoms with Crippen LogP contribution in [0.4, 0.5) is 0 Å². The van der Waals surface area contributed by atoms with Crippen molar-refractivity contribution in [3.8, 4) is 34.9 Å². The third-order valence-electron chi connectivity index (χ3n) is 4.61. The Kier molecular flexibility index (Phi) is 6.18. The van der Waals surface area contributed by atoms with E-state index in [0.29, 0.717) is 0 Å². The van der Waals surface area contributed by atoms with Gasteiger partial charge in [0.1, 0.15) is 12.5 Å². The first-order valence-electron chi connectivity index (χ1n) is 11.0. The molecule has 1 fully saturated rings. The molecular weight excluding hydrogens is 574 g/mol. The number of nitrogens with zero attached hydrogens (tertiary/aromatic N) is 11. The first-order valence-corrected chi connectivity index (χ1v) is 11.9. The Hall–Kier alpha value is -5.75. The number of nitrogens with one attached hydrogen (secondary N) is 2. The van der Waals surface area contributed by atoms with Gasteiger partial charge in [0.2, 0.25) is 5.88 Å². The van der Waals surface area contributed by atoms with Crippen LogP contribution < -0.4 is 28.8 Å². The average Bonchev–Trinajstić information content (AvgIpc) is 3.82. The second-order valence-electron chi connectivity index (χ2n) is 7.16. The first-order chi connectivity index (χ1) is 20.3. The number of ether oxygens (including phenoxy) is 2. The minimum absolute atomic E-state index is 0.0575. The molecule has 2 N–H and O–H groups in total. The van der Waals surface area contributed by atoms with Gasteiger partial charge in [0.15, 0.2) is 6.26 Å². The van der Waals surface area contributed by atoms with E-state index in [1.165, 1.54) is 55.6 Å². The van der Waals surface area contributed by atoms with Crippen molar-refractivity contribution in [2.45, 2.75) is 6.03 Å². The third kappa shape index (κ3) is 4.79. The Balaban J connectivity index is 1.42. The molecule has 1 aliphatic rings. The van der Waals surface area contributed by atoms with Gasteiger partial charge in [-0.3, -0.25) is 0 Å². The van der Waals surface area contributed by atoms with Crippen molar-refractivity contribution in [3.63, 3.8) is 0 Å². The standard InChI is InChI=1S/C18H13N13O9S/c1-3-23-24-12(1)37-28-18(35-15-19-4-5-20-15,36-17-22-7-10-41-17)29(40-16-21-6-9-32-16)31(38-13-2-8-33-26-13)30(28)39-14-11-34-27-25-14/h1-11H,(H,19,20)(H,23,24). The molecular formula is C18H13N13O9S. The van der Waals surface area contributed by atoms with Crippen LogP contribution >= 0.6 is 11.3 Å². The predicted molar refractivity (Wildman–Crippen MR) is 120 cm³/mol. The van der Waals surface area contributed by atoms with Gasteiger partial charge < -0.3 is 47.3 Å². The van der Waals surface area contributed by atoms with Crippen molar-refractivity contribution >= 4 is 11.3 Å². The smallest absolute Gasteiger partial charge is 0.416 e. The highest BCUT2D eigenvalue weighted by atomic mass is 32.1. The highest BCUT2D eigenvalue weighted by Gasteiger charge is 2.72. The highest BCUT2D eigenvalue weighted by molar-refractivity contribution is 7.11. The average molecular weight is 587 g/mol. The molecule has 22 nitrogen and oxygen atoms in total. The van der Waals surface area contributed by atoms with Crippen LogP contribution in [-0.2, 0) is 0 Å². The van der Waals surface area contributed by atoms with Gasteiger partial charge in [-0.15, -0.1) is 0 Å². The van der Waals surface area contributed by atoms with Crippen LogP contribution in [-0.4, -0.2) is 72.6 Å². The fourth-order valence-electron chi connectivity index (χ4n) is 3.07. The van der Waals surface area contributed by atoms with E-state index < -0.39 is 6.03 Å². The van der Waals surface area contributed by atoms with Gasteiger partial charge in [0, 0.05) is 41.4 Å². The Bertz CT molecular complexity index is 1460. The number of hydrazine groups is 3. The second kappa shape index (κ2) is 10.4. The second-order valence-corrected chi connectivity index (χ2v) is 8.02. The predicted octanol–water partition coefficient (Wildman–Crippen LogP) is 0.960. The van der Waals surface area contributed by atoms with E-state index in [-0.39, 0.29) is 34.9 Å². The lowest BCUT2D eigenvalue weighted by Gasteiger charge is -2.34. The number of H-pyrrole nitrogens is 2. The molecule has 0 aliphatic carbocycles. The summed E-state index contributed by atoms with van der Waals surface area (Å²) >= 11 is 1.10. The molecule has 7 heterocycles. The fourth-order valence-corrected chi connectivity index (χ4v) is 3.59. The van der Waals surface area contributed by atoms with Crippen molar-refractivity contribution in [2.24, 2.45) is 0 Å². The maximum atomic E-state index is 6.27. The summed E-state index contributed by atoms with van der Waals surface area (Å²) in [6.07, 6.45) is 10.5. The van der Waals surface area contributed by atoms with Crippen LogP contribution in [0.5, 0.6) is 34.9 Å². The molecule has 6 aromatic rings. The van der Waals surface area contributed by atoms with Crippen LogP contribution in [0.2, 0.25) is 0 Å². The number of hydrogen-bond acceptors (Lipinski definition) is 21. The van der Waals surface area contributed by atoms with Crippen molar-refractivity contribution in [1.82, 2.24) is 66.6 Å². The quantitative estimate of drug-likeness (QED) is 0.190. The minimum atomic E-state index is -2.46. The van der Waals surface area contributed by atoms with E-state index in [4.69, 9.17) is 42.3 Å². The van der Waals surface area contributed by atoms with E-state index in [9.17, 15) is 0 Å². The molecule has 0 amide bonds. The number of aromatic nitrogens is 9. The zero-order valence-electron chi connectivity index (χ0n) is 19.9. The van der Waals surface area contributed by atoms with Crippen molar-refractivity contribution < 1.29 is 42.3 Å². The molecule has 23 heteroatoms. The van der Waals surface area contributed by atoms with E-state index in [1.54, 1.807) is 5.38 Å². The monoisotopic (exact) mass is 587 g/mol. The maximum absolute atomic E-state index is 6.27. The van der Waals surface area contributed by atoms with Gasteiger partial charge >= 0.3 is 18.0 Å². The highest BCUT2D eigenvalue weighted by Crippen LogP contribution is 2.39. The number of aromatic amines is 2. The molecule has 7 rings (SSSR count). The molecule has 210 valence electrons. The lowest BCUT2D eigenvalue weighted by Crippen LogP contribution is -2.66. The molecule has 0 radical (unpaired) electrons. The van der Waals surface area contributed by atoms with Gasteiger partial charge in [-0.25, -0.2) is 15.1 Å². The van der Waals surface area contributed by atoms with Gasteiger partial charge in [-0.2, -0.15) is 10.1 Å². The normalized spacial score (nSPS) is 18.4. The summed E-state index contributed by atoms with van der Waals surface area (Å²) < 4.78 is 27.5. The van der Waals surface area contributed by atoms with Crippen LogP contribution in [0.3, 0.4) is 0 Å². The summed E-state index contributed by atoms with van der Waals surface area (Å²) in [5.41, 5.74) is 0. The topological polar surface area (TPSA) is 230 Å². The number of oxazole rings is 1. The van der Waals surface area contributed by atoms with E-state index >= 15 is 0 Å². The Morgan fingerprint density at radius 3 is 2.46 bits per heavy atom. The Labute approximate surface area is 228 Å². The summed E-state index contributed by atoms with van der Waals surface area (Å²) in [7, 11) is 0. The lowest BCUT2D eigenvalue weighted by atomic mass is 10.7. The van der Waals surface area contributed by atoms with E-state index in [2.05, 4.69) is 45.7 Å².